The topological polar surface area (TPSA) is 66.8 Å². The highest BCUT2D eigenvalue weighted by molar-refractivity contribution is 5.81. The molecule has 1 atom stereocenters. The van der Waals surface area contributed by atoms with Gasteiger partial charge in [-0.15, -0.1) is 0 Å². The van der Waals surface area contributed by atoms with Gasteiger partial charge >= 0.3 is 5.97 Å². The summed E-state index contributed by atoms with van der Waals surface area (Å²) in [5.41, 5.74) is -1.60. The predicted molar refractivity (Wildman–Crippen MR) is 69.0 cm³/mol. The van der Waals surface area contributed by atoms with Crippen molar-refractivity contribution in [2.24, 2.45) is 0 Å². The molecule has 0 aliphatic heterocycles. The van der Waals surface area contributed by atoms with Gasteiger partial charge in [-0.05, 0) is 19.8 Å². The Balaban J connectivity index is 2.70. The summed E-state index contributed by atoms with van der Waals surface area (Å²) in [7, 11) is 0. The number of hydrogen-bond donors (Lipinski definition) is 2. The minimum atomic E-state index is -0.827. The molecule has 0 radical (unpaired) electrons. The number of rotatable bonds is 6. The largest absolute Gasteiger partial charge is 0.456 e. The van der Waals surface area contributed by atoms with Gasteiger partial charge in [0.05, 0.1) is 5.60 Å². The zero-order valence-corrected chi connectivity index (χ0v) is 11.2. The minimum absolute atomic E-state index is 0.0724. The number of ether oxygens (including phenoxy) is 1. The first-order chi connectivity index (χ1) is 8.43. The van der Waals surface area contributed by atoms with Crippen molar-refractivity contribution in [3.05, 3.63) is 12.7 Å². The van der Waals surface area contributed by atoms with E-state index in [0.717, 1.165) is 38.2 Å². The molecule has 18 heavy (non-hydrogen) atoms. The lowest BCUT2D eigenvalue weighted by Crippen LogP contribution is -2.44. The van der Waals surface area contributed by atoms with E-state index in [1.165, 1.54) is 0 Å². The molecule has 1 aliphatic carbocycles. The van der Waals surface area contributed by atoms with Crippen molar-refractivity contribution in [3.63, 3.8) is 0 Å². The van der Waals surface area contributed by atoms with Gasteiger partial charge in [-0.2, -0.15) is 0 Å². The van der Waals surface area contributed by atoms with Gasteiger partial charge in [-0.1, -0.05) is 25.8 Å². The Morgan fingerprint density at radius 3 is 2.56 bits per heavy atom. The molecule has 4 nitrogen and oxygen atoms in total. The number of aliphatic hydroxyl groups excluding tert-OH is 1. The summed E-state index contributed by atoms with van der Waals surface area (Å²) in [6, 6.07) is 0. The van der Waals surface area contributed by atoms with Gasteiger partial charge in [0.15, 0.2) is 0 Å². The van der Waals surface area contributed by atoms with E-state index in [1.807, 2.05) is 0 Å². The van der Waals surface area contributed by atoms with Crippen LogP contribution in [0.3, 0.4) is 0 Å². The third-order valence-electron chi connectivity index (χ3n) is 3.64. The molecule has 0 aromatic rings. The van der Waals surface area contributed by atoms with Gasteiger partial charge < -0.3 is 14.9 Å². The maximum Gasteiger partial charge on any atom is 0.330 e. The van der Waals surface area contributed by atoms with Crippen LogP contribution in [0.5, 0.6) is 0 Å². The molecule has 1 unspecified atom stereocenters. The molecule has 2 N–H and O–H groups in total. The van der Waals surface area contributed by atoms with E-state index in [4.69, 9.17) is 9.84 Å². The molecule has 0 bridgehead atoms. The monoisotopic (exact) mass is 256 g/mol. The maximum atomic E-state index is 11.3. The Labute approximate surface area is 109 Å². The zero-order chi connectivity index (χ0) is 13.6. The quantitative estimate of drug-likeness (QED) is 0.563. The molecule has 1 saturated carbocycles. The van der Waals surface area contributed by atoms with Crippen LogP contribution in [0.15, 0.2) is 12.7 Å². The van der Waals surface area contributed by atoms with E-state index in [-0.39, 0.29) is 6.61 Å². The van der Waals surface area contributed by atoms with Gasteiger partial charge in [0.2, 0.25) is 0 Å². The molecule has 0 spiro atoms. The van der Waals surface area contributed by atoms with Gasteiger partial charge in [-0.25, -0.2) is 4.79 Å². The van der Waals surface area contributed by atoms with Crippen molar-refractivity contribution in [1.82, 2.24) is 0 Å². The highest BCUT2D eigenvalue weighted by Crippen LogP contribution is 2.37. The first kappa shape index (κ1) is 15.2. The van der Waals surface area contributed by atoms with E-state index >= 15 is 0 Å². The molecule has 1 fully saturated rings. The van der Waals surface area contributed by atoms with Crippen LogP contribution in [0.1, 0.15) is 51.9 Å². The SMILES string of the molecule is C=CC(=O)OC(C)(CCO)CC1(O)CCCCC1. The second-order valence-corrected chi connectivity index (χ2v) is 5.51. The molecule has 0 heterocycles. The van der Waals surface area contributed by atoms with Gasteiger partial charge in [-0.3, -0.25) is 0 Å². The number of carbonyl (C=O) groups excluding carboxylic acids is 1. The van der Waals surface area contributed by atoms with Crippen molar-refractivity contribution in [3.8, 4) is 0 Å². The highest BCUT2D eigenvalue weighted by Gasteiger charge is 2.39. The zero-order valence-electron chi connectivity index (χ0n) is 11.2. The summed E-state index contributed by atoms with van der Waals surface area (Å²) in [5, 5.41) is 19.6. The van der Waals surface area contributed by atoms with Crippen molar-refractivity contribution in [2.45, 2.75) is 63.1 Å². The summed E-state index contributed by atoms with van der Waals surface area (Å²) < 4.78 is 5.32. The molecule has 1 rings (SSSR count). The van der Waals surface area contributed by atoms with Crippen molar-refractivity contribution in [1.29, 1.82) is 0 Å². The number of esters is 1. The average molecular weight is 256 g/mol. The lowest BCUT2D eigenvalue weighted by Gasteiger charge is -2.39. The first-order valence-electron chi connectivity index (χ1n) is 6.62. The Bertz CT molecular complexity index is 294. The van der Waals surface area contributed by atoms with Crippen LogP contribution in [0.4, 0.5) is 0 Å². The van der Waals surface area contributed by atoms with Crippen LogP contribution in [0, 0.1) is 0 Å². The highest BCUT2D eigenvalue weighted by atomic mass is 16.6. The predicted octanol–water partition coefficient (Wildman–Crippen LogP) is 1.94. The van der Waals surface area contributed by atoms with E-state index in [1.54, 1.807) is 6.92 Å². The Kier molecular flexibility index (Phi) is 5.35. The maximum absolute atomic E-state index is 11.3. The molecular weight excluding hydrogens is 232 g/mol. The summed E-state index contributed by atoms with van der Waals surface area (Å²) in [6.07, 6.45) is 6.43. The first-order valence-corrected chi connectivity index (χ1v) is 6.62. The van der Waals surface area contributed by atoms with Crippen molar-refractivity contribution < 1.29 is 19.7 Å². The molecule has 1 aliphatic rings. The van der Waals surface area contributed by atoms with Crippen molar-refractivity contribution in [2.75, 3.05) is 6.61 Å². The summed E-state index contributed by atoms with van der Waals surface area (Å²) in [5.74, 6) is -0.509. The van der Waals surface area contributed by atoms with E-state index in [9.17, 15) is 9.90 Å². The lowest BCUT2D eigenvalue weighted by molar-refractivity contribution is -0.162. The molecular formula is C14H24O4. The van der Waals surface area contributed by atoms with Gasteiger partial charge in [0.25, 0.3) is 0 Å². The second kappa shape index (κ2) is 6.34. The number of carbonyl (C=O) groups is 1. The summed E-state index contributed by atoms with van der Waals surface area (Å²) in [6.45, 7) is 5.06. The second-order valence-electron chi connectivity index (χ2n) is 5.51. The van der Waals surface area contributed by atoms with Gasteiger partial charge in [0, 0.05) is 25.5 Å². The van der Waals surface area contributed by atoms with Gasteiger partial charge in [0.1, 0.15) is 5.60 Å². The molecule has 0 aromatic heterocycles. The molecule has 0 aromatic carbocycles. The Morgan fingerprint density at radius 2 is 2.06 bits per heavy atom. The average Bonchev–Trinajstić information content (AvgIpc) is 2.28. The summed E-state index contributed by atoms with van der Waals surface area (Å²) in [4.78, 5) is 11.3. The fourth-order valence-electron chi connectivity index (χ4n) is 2.78. The van der Waals surface area contributed by atoms with Crippen LogP contribution in [0.25, 0.3) is 0 Å². The van der Waals surface area contributed by atoms with E-state index < -0.39 is 17.2 Å². The molecule has 0 amide bonds. The minimum Gasteiger partial charge on any atom is -0.456 e. The summed E-state index contributed by atoms with van der Waals surface area (Å²) >= 11 is 0. The Hall–Kier alpha value is -0.870. The lowest BCUT2D eigenvalue weighted by atomic mass is 9.76. The molecule has 0 saturated heterocycles. The standard InChI is InChI=1S/C14H24O4/c1-3-12(16)18-13(2,9-10-15)11-14(17)7-5-4-6-8-14/h3,15,17H,1,4-11H2,2H3. The van der Waals surface area contributed by atoms with Crippen LogP contribution in [-0.4, -0.2) is 34.0 Å². The third kappa shape index (κ3) is 4.42. The fraction of sp³-hybridized carbons (Fsp3) is 0.786. The number of hydrogen-bond acceptors (Lipinski definition) is 4. The molecule has 4 heteroatoms. The van der Waals surface area contributed by atoms with E-state index in [0.29, 0.717) is 12.8 Å². The van der Waals surface area contributed by atoms with E-state index in [2.05, 4.69) is 6.58 Å². The van der Waals surface area contributed by atoms with Crippen LogP contribution in [-0.2, 0) is 9.53 Å². The fourth-order valence-corrected chi connectivity index (χ4v) is 2.78. The smallest absolute Gasteiger partial charge is 0.330 e. The molecule has 104 valence electrons. The van der Waals surface area contributed by atoms with Crippen LogP contribution < -0.4 is 0 Å². The third-order valence-corrected chi connectivity index (χ3v) is 3.64. The Morgan fingerprint density at radius 1 is 1.44 bits per heavy atom. The normalized spacial score (nSPS) is 21.9. The van der Waals surface area contributed by atoms with Crippen molar-refractivity contribution >= 4 is 5.97 Å². The van der Waals surface area contributed by atoms with Crippen LogP contribution >= 0.6 is 0 Å². The van der Waals surface area contributed by atoms with Crippen LogP contribution in [0.2, 0.25) is 0 Å². The number of aliphatic hydroxyl groups is 2.